The van der Waals surface area contributed by atoms with Gasteiger partial charge >= 0.3 is 0 Å². The molecule has 0 aliphatic carbocycles. The minimum Gasteiger partial charge on any atom is -0.378 e. The van der Waals surface area contributed by atoms with Crippen molar-refractivity contribution in [3.05, 3.63) is 83.7 Å². The van der Waals surface area contributed by atoms with E-state index in [0.29, 0.717) is 0 Å². The van der Waals surface area contributed by atoms with Gasteiger partial charge in [-0.05, 0) is 47.5 Å². The lowest BCUT2D eigenvalue weighted by atomic mass is 9.83. The number of aliphatic hydroxyl groups is 1. The molecule has 1 N–H and O–H groups in total. The molecule has 0 saturated carbocycles. The Morgan fingerprint density at radius 2 is 1.15 bits per heavy atom. The smallest absolute Gasteiger partial charge is 0.155 e. The van der Waals surface area contributed by atoms with Crippen molar-refractivity contribution in [3.8, 4) is 0 Å². The van der Waals surface area contributed by atoms with Crippen molar-refractivity contribution in [2.75, 3.05) is 38.0 Å². The molecule has 4 heteroatoms. The lowest BCUT2D eigenvalue weighted by Gasteiger charge is -2.31. The summed E-state index contributed by atoms with van der Waals surface area (Å²) in [4.78, 5) is 4.11. The molecule has 1 aromatic heterocycles. The zero-order chi connectivity index (χ0) is 18.9. The van der Waals surface area contributed by atoms with Crippen molar-refractivity contribution in [2.24, 2.45) is 7.05 Å². The van der Waals surface area contributed by atoms with Crippen LogP contribution in [0.15, 0.2) is 66.9 Å². The summed E-state index contributed by atoms with van der Waals surface area (Å²) < 4.78 is 1.97. The monoisotopic (exact) mass is 349 g/mol. The Morgan fingerprint density at radius 3 is 1.46 bits per heavy atom. The Morgan fingerprint density at radius 1 is 0.731 bits per heavy atom. The average Bonchev–Trinajstić information content (AvgIpc) is 3.07. The van der Waals surface area contributed by atoms with E-state index in [2.05, 4.69) is 9.80 Å². The maximum absolute atomic E-state index is 11.9. The average molecular weight is 349 g/mol. The third kappa shape index (κ3) is 3.08. The Hall–Kier alpha value is -2.72. The molecule has 3 aromatic rings. The number of benzene rings is 2. The van der Waals surface area contributed by atoms with Gasteiger partial charge in [-0.2, -0.15) is 0 Å². The van der Waals surface area contributed by atoms with Gasteiger partial charge in [0.1, 0.15) is 0 Å². The highest BCUT2D eigenvalue weighted by Gasteiger charge is 2.35. The molecule has 0 aliphatic heterocycles. The largest absolute Gasteiger partial charge is 0.378 e. The van der Waals surface area contributed by atoms with E-state index >= 15 is 0 Å². The third-order valence-electron chi connectivity index (χ3n) is 4.92. The molecule has 0 amide bonds. The van der Waals surface area contributed by atoms with E-state index in [1.807, 2.05) is 107 Å². The van der Waals surface area contributed by atoms with Crippen LogP contribution in [0.25, 0.3) is 0 Å². The number of hydrogen-bond donors (Lipinski definition) is 1. The molecule has 26 heavy (non-hydrogen) atoms. The van der Waals surface area contributed by atoms with Crippen LogP contribution in [-0.2, 0) is 12.6 Å². The molecular formula is C22H27N3O. The first-order valence-electron chi connectivity index (χ1n) is 8.74. The molecule has 0 unspecified atom stereocenters. The van der Waals surface area contributed by atoms with Crippen LogP contribution in [0.3, 0.4) is 0 Å². The number of nitrogens with zero attached hydrogens (tertiary/aromatic N) is 3. The van der Waals surface area contributed by atoms with Gasteiger partial charge in [0, 0.05) is 52.8 Å². The fraction of sp³-hybridized carbons (Fsp3) is 0.273. The molecule has 4 nitrogen and oxygen atoms in total. The molecule has 3 rings (SSSR count). The molecule has 0 radical (unpaired) electrons. The van der Waals surface area contributed by atoms with Gasteiger partial charge in [0.25, 0.3) is 0 Å². The first-order chi connectivity index (χ1) is 12.3. The SMILES string of the molecule is CN(C)c1ccc(C(O)(c2ccc(N(C)C)cc2)c2cccn2C)cc1. The zero-order valence-electron chi connectivity index (χ0n) is 16.1. The van der Waals surface area contributed by atoms with Crippen molar-refractivity contribution >= 4 is 11.4 Å². The van der Waals surface area contributed by atoms with Crippen LogP contribution in [0.5, 0.6) is 0 Å². The van der Waals surface area contributed by atoms with Gasteiger partial charge in [-0.15, -0.1) is 0 Å². The summed E-state index contributed by atoms with van der Waals surface area (Å²) in [5.74, 6) is 0. The van der Waals surface area contributed by atoms with Crippen molar-refractivity contribution in [3.63, 3.8) is 0 Å². The molecule has 136 valence electrons. The Balaban J connectivity index is 2.15. The summed E-state index contributed by atoms with van der Waals surface area (Å²) in [6, 6.07) is 20.1. The molecular weight excluding hydrogens is 322 g/mol. The van der Waals surface area contributed by atoms with Crippen molar-refractivity contribution in [1.29, 1.82) is 0 Å². The third-order valence-corrected chi connectivity index (χ3v) is 4.92. The van der Waals surface area contributed by atoms with Crippen LogP contribution < -0.4 is 9.80 Å². The number of rotatable bonds is 5. The number of hydrogen-bond acceptors (Lipinski definition) is 3. The van der Waals surface area contributed by atoms with Crippen LogP contribution in [0.2, 0.25) is 0 Å². The molecule has 0 spiro atoms. The normalized spacial score (nSPS) is 11.5. The van der Waals surface area contributed by atoms with Gasteiger partial charge in [-0.1, -0.05) is 24.3 Å². The van der Waals surface area contributed by atoms with E-state index in [9.17, 15) is 5.11 Å². The predicted octanol–water partition coefficient (Wildman–Crippen LogP) is 3.44. The molecule has 0 atom stereocenters. The molecule has 0 fully saturated rings. The highest BCUT2D eigenvalue weighted by molar-refractivity contribution is 5.54. The van der Waals surface area contributed by atoms with Crippen LogP contribution in [0.4, 0.5) is 11.4 Å². The zero-order valence-corrected chi connectivity index (χ0v) is 16.1. The lowest BCUT2D eigenvalue weighted by molar-refractivity contribution is 0.117. The van der Waals surface area contributed by atoms with E-state index in [4.69, 9.17) is 0 Å². The number of aryl methyl sites for hydroxylation is 1. The minimum absolute atomic E-state index is 0.840. The Bertz CT molecular complexity index is 810. The first kappa shape index (κ1) is 18.1. The van der Waals surface area contributed by atoms with E-state index in [0.717, 1.165) is 28.2 Å². The second-order valence-corrected chi connectivity index (χ2v) is 7.10. The van der Waals surface area contributed by atoms with Gasteiger partial charge in [-0.3, -0.25) is 0 Å². The molecule has 0 bridgehead atoms. The predicted molar refractivity (Wildman–Crippen MR) is 109 cm³/mol. The maximum atomic E-state index is 11.9. The van der Waals surface area contributed by atoms with Gasteiger partial charge in [0.15, 0.2) is 5.60 Å². The van der Waals surface area contributed by atoms with E-state index < -0.39 is 5.60 Å². The maximum Gasteiger partial charge on any atom is 0.155 e. The summed E-state index contributed by atoms with van der Waals surface area (Å²) >= 11 is 0. The summed E-state index contributed by atoms with van der Waals surface area (Å²) in [6.07, 6.45) is 1.96. The Kier molecular flexibility index (Phi) is 4.79. The molecule has 1 heterocycles. The molecule has 0 aliphatic rings. The molecule has 0 saturated heterocycles. The van der Waals surface area contributed by atoms with Crippen LogP contribution in [0.1, 0.15) is 16.8 Å². The second-order valence-electron chi connectivity index (χ2n) is 7.10. The van der Waals surface area contributed by atoms with Crippen LogP contribution in [0, 0.1) is 0 Å². The second kappa shape index (κ2) is 6.89. The number of aromatic nitrogens is 1. The van der Waals surface area contributed by atoms with E-state index in [1.165, 1.54) is 0 Å². The summed E-state index contributed by atoms with van der Waals surface area (Å²) in [5, 5.41) is 11.9. The van der Waals surface area contributed by atoms with Crippen molar-refractivity contribution in [2.45, 2.75) is 5.60 Å². The van der Waals surface area contributed by atoms with Gasteiger partial charge in [-0.25, -0.2) is 0 Å². The molecule has 2 aromatic carbocycles. The van der Waals surface area contributed by atoms with Gasteiger partial charge < -0.3 is 19.5 Å². The van der Waals surface area contributed by atoms with Crippen molar-refractivity contribution < 1.29 is 5.11 Å². The summed E-state index contributed by atoms with van der Waals surface area (Å²) in [5.41, 5.74) is 3.53. The summed E-state index contributed by atoms with van der Waals surface area (Å²) in [7, 11) is 10.0. The summed E-state index contributed by atoms with van der Waals surface area (Å²) in [6.45, 7) is 0. The van der Waals surface area contributed by atoms with Gasteiger partial charge in [0.2, 0.25) is 0 Å². The topological polar surface area (TPSA) is 31.6 Å². The van der Waals surface area contributed by atoms with E-state index in [1.54, 1.807) is 0 Å². The lowest BCUT2D eigenvalue weighted by Crippen LogP contribution is -2.31. The number of anilines is 2. The fourth-order valence-corrected chi connectivity index (χ4v) is 3.30. The fourth-order valence-electron chi connectivity index (χ4n) is 3.30. The van der Waals surface area contributed by atoms with Crippen molar-refractivity contribution in [1.82, 2.24) is 4.57 Å². The minimum atomic E-state index is -1.21. The first-order valence-corrected chi connectivity index (χ1v) is 8.74. The Labute approximate surface area is 155 Å². The standard InChI is InChI=1S/C22H27N3O/c1-23(2)19-12-8-17(9-13-19)22(26,21-7-6-16-25(21)5)18-10-14-20(15-11-18)24(3)4/h6-16,26H,1-5H3. The van der Waals surface area contributed by atoms with Crippen LogP contribution >= 0.6 is 0 Å². The van der Waals surface area contributed by atoms with Crippen LogP contribution in [-0.4, -0.2) is 37.9 Å². The highest BCUT2D eigenvalue weighted by atomic mass is 16.3. The van der Waals surface area contributed by atoms with E-state index in [-0.39, 0.29) is 0 Å². The van der Waals surface area contributed by atoms with Gasteiger partial charge in [0.05, 0.1) is 5.69 Å². The highest BCUT2D eigenvalue weighted by Crippen LogP contribution is 2.37. The quantitative estimate of drug-likeness (QED) is 0.766.